The molecule has 10 heteroatoms. The van der Waals surface area contributed by atoms with E-state index < -0.39 is 46.4 Å². The molecule has 1 amide bonds. The van der Waals surface area contributed by atoms with Crippen molar-refractivity contribution < 1.29 is 37.8 Å². The molecule has 2 unspecified atom stereocenters. The minimum Gasteiger partial charge on any atom is -0.478 e. The van der Waals surface area contributed by atoms with Crippen LogP contribution >= 0.6 is 11.6 Å². The molecule has 1 aromatic carbocycles. The first-order chi connectivity index (χ1) is 12.0. The lowest BCUT2D eigenvalue weighted by atomic mass is 9.97. The fourth-order valence-electron chi connectivity index (χ4n) is 2.26. The number of carbonyl (C=O) groups is 3. The van der Waals surface area contributed by atoms with Gasteiger partial charge < -0.3 is 15.5 Å². The first kappa shape index (κ1) is 19.5. The van der Waals surface area contributed by atoms with Gasteiger partial charge in [0.1, 0.15) is 0 Å². The summed E-state index contributed by atoms with van der Waals surface area (Å²) in [6, 6.07) is 2.76. The van der Waals surface area contributed by atoms with Crippen molar-refractivity contribution in [3.8, 4) is 0 Å². The number of amides is 1. The van der Waals surface area contributed by atoms with Crippen LogP contribution in [0.15, 0.2) is 42.1 Å². The summed E-state index contributed by atoms with van der Waals surface area (Å²) in [5.74, 6) is -5.98. The van der Waals surface area contributed by atoms with Crippen molar-refractivity contribution in [1.82, 2.24) is 5.32 Å². The van der Waals surface area contributed by atoms with Crippen LogP contribution in [0.5, 0.6) is 0 Å². The molecule has 0 spiro atoms. The van der Waals surface area contributed by atoms with Crippen molar-refractivity contribution >= 4 is 29.4 Å². The van der Waals surface area contributed by atoms with Crippen molar-refractivity contribution in [3.63, 3.8) is 0 Å². The van der Waals surface area contributed by atoms with Crippen molar-refractivity contribution in [2.45, 2.75) is 11.6 Å². The summed E-state index contributed by atoms with van der Waals surface area (Å²) in [6.45, 7) is 0. The van der Waals surface area contributed by atoms with Crippen LogP contribution in [-0.2, 0) is 0 Å². The number of carboxylic acid groups (broad SMARTS) is 2. The Balaban J connectivity index is 2.35. The summed E-state index contributed by atoms with van der Waals surface area (Å²) < 4.78 is 38.8. The Bertz CT molecular complexity index is 832. The van der Waals surface area contributed by atoms with Crippen LogP contribution < -0.4 is 5.32 Å². The van der Waals surface area contributed by atoms with Gasteiger partial charge in [0.2, 0.25) is 0 Å². The number of aromatic carboxylic acids is 2. The number of nitrogens with one attached hydrogen (secondary N) is 1. The SMILES string of the molecule is O=C(O)c1ccc(C(=O)O)c(C(=O)NC2=CC(C(F)(F)F)C(Cl)C=C2)c1. The number of allylic oxidation sites excluding steroid dienone is 3. The van der Waals surface area contributed by atoms with E-state index in [1.54, 1.807) is 0 Å². The molecular weight excluding hydrogens is 379 g/mol. The van der Waals surface area contributed by atoms with E-state index >= 15 is 0 Å². The molecule has 6 nitrogen and oxygen atoms in total. The highest BCUT2D eigenvalue weighted by molar-refractivity contribution is 6.22. The molecule has 0 saturated carbocycles. The predicted octanol–water partition coefficient (Wildman–Crippen LogP) is 3.05. The van der Waals surface area contributed by atoms with Gasteiger partial charge in [-0.3, -0.25) is 4.79 Å². The monoisotopic (exact) mass is 389 g/mol. The van der Waals surface area contributed by atoms with Crippen LogP contribution in [0, 0.1) is 5.92 Å². The normalized spacial score (nSPS) is 19.6. The first-order valence-electron chi connectivity index (χ1n) is 7.03. The number of hydrogen-bond donors (Lipinski definition) is 3. The number of benzene rings is 1. The maximum absolute atomic E-state index is 12.9. The van der Waals surface area contributed by atoms with E-state index in [1.807, 2.05) is 0 Å². The molecule has 2 atom stereocenters. The number of carbonyl (C=O) groups excluding carboxylic acids is 1. The summed E-state index contributed by atoms with van der Waals surface area (Å²) in [6.07, 6.45) is -1.74. The molecular formula is C16H11ClF3NO5. The Labute approximate surface area is 149 Å². The molecule has 138 valence electrons. The molecule has 0 heterocycles. The summed E-state index contributed by atoms with van der Waals surface area (Å²) in [7, 11) is 0. The summed E-state index contributed by atoms with van der Waals surface area (Å²) >= 11 is 5.60. The van der Waals surface area contributed by atoms with Gasteiger partial charge in [-0.1, -0.05) is 6.08 Å². The van der Waals surface area contributed by atoms with Crippen LogP contribution in [0.1, 0.15) is 31.1 Å². The number of halogens is 4. The van der Waals surface area contributed by atoms with E-state index in [1.165, 1.54) is 0 Å². The fourth-order valence-corrected chi connectivity index (χ4v) is 2.55. The lowest BCUT2D eigenvalue weighted by molar-refractivity contribution is -0.159. The largest absolute Gasteiger partial charge is 0.478 e. The minimum atomic E-state index is -4.64. The standard InChI is InChI=1S/C16H11ClF3NO5/c17-12-4-2-8(6-11(12)16(18,19)20)21-13(22)10-5-7(14(23)24)1-3-9(10)15(25)26/h1-6,11-12H,(H,21,22)(H,23,24)(H,25,26). The third-order valence-electron chi connectivity index (χ3n) is 3.54. The summed E-state index contributed by atoms with van der Waals surface area (Å²) in [5.41, 5.74) is -1.56. The van der Waals surface area contributed by atoms with E-state index in [9.17, 15) is 27.6 Å². The average Bonchev–Trinajstić information content (AvgIpc) is 2.54. The number of carboxylic acids is 2. The molecule has 0 saturated heterocycles. The molecule has 1 aliphatic rings. The van der Waals surface area contributed by atoms with Gasteiger partial charge in [0.05, 0.1) is 28.0 Å². The second-order valence-corrected chi connectivity index (χ2v) is 5.82. The first-order valence-corrected chi connectivity index (χ1v) is 7.47. The fraction of sp³-hybridized carbons (Fsp3) is 0.188. The zero-order chi connectivity index (χ0) is 19.6. The molecule has 0 fully saturated rings. The molecule has 0 aliphatic heterocycles. The molecule has 0 bridgehead atoms. The van der Waals surface area contributed by atoms with Crippen LogP contribution in [0.25, 0.3) is 0 Å². The number of rotatable bonds is 4. The third kappa shape index (κ3) is 4.23. The van der Waals surface area contributed by atoms with E-state index in [0.29, 0.717) is 6.08 Å². The van der Waals surface area contributed by atoms with Crippen LogP contribution in [0.3, 0.4) is 0 Å². The zero-order valence-electron chi connectivity index (χ0n) is 12.7. The van der Waals surface area contributed by atoms with Crippen molar-refractivity contribution in [2.24, 2.45) is 5.92 Å². The molecule has 2 rings (SSSR count). The Morgan fingerprint density at radius 3 is 2.27 bits per heavy atom. The Morgan fingerprint density at radius 1 is 1.08 bits per heavy atom. The van der Waals surface area contributed by atoms with Gasteiger partial charge in [0.25, 0.3) is 5.91 Å². The average molecular weight is 390 g/mol. The topological polar surface area (TPSA) is 104 Å². The van der Waals surface area contributed by atoms with Crippen molar-refractivity contribution in [1.29, 1.82) is 0 Å². The van der Waals surface area contributed by atoms with Crippen LogP contribution in [0.2, 0.25) is 0 Å². The zero-order valence-corrected chi connectivity index (χ0v) is 13.5. The molecule has 1 aliphatic carbocycles. The van der Waals surface area contributed by atoms with E-state index in [-0.39, 0.29) is 11.3 Å². The molecule has 3 N–H and O–H groups in total. The van der Waals surface area contributed by atoms with Crippen LogP contribution in [0.4, 0.5) is 13.2 Å². The minimum absolute atomic E-state index is 0.230. The van der Waals surface area contributed by atoms with Gasteiger partial charge in [-0.15, -0.1) is 11.6 Å². The van der Waals surface area contributed by atoms with E-state index in [2.05, 4.69) is 5.32 Å². The second kappa shape index (κ2) is 7.20. The van der Waals surface area contributed by atoms with Crippen LogP contribution in [-0.4, -0.2) is 39.6 Å². The van der Waals surface area contributed by atoms with Crippen molar-refractivity contribution in [2.75, 3.05) is 0 Å². The Hall–Kier alpha value is -2.81. The molecule has 0 aromatic heterocycles. The number of hydrogen-bond acceptors (Lipinski definition) is 3. The highest BCUT2D eigenvalue weighted by Gasteiger charge is 2.43. The second-order valence-electron chi connectivity index (χ2n) is 5.32. The number of alkyl halides is 4. The van der Waals surface area contributed by atoms with E-state index in [0.717, 1.165) is 30.4 Å². The Kier molecular flexibility index (Phi) is 5.41. The summed E-state index contributed by atoms with van der Waals surface area (Å²) in [4.78, 5) is 34.5. The smallest absolute Gasteiger partial charge is 0.396 e. The van der Waals surface area contributed by atoms with Gasteiger partial charge >= 0.3 is 18.1 Å². The molecule has 26 heavy (non-hydrogen) atoms. The molecule has 0 radical (unpaired) electrons. The molecule has 1 aromatic rings. The summed E-state index contributed by atoms with van der Waals surface area (Å²) in [5, 5.41) is 18.9. The predicted molar refractivity (Wildman–Crippen MR) is 84.2 cm³/mol. The maximum Gasteiger partial charge on any atom is 0.396 e. The highest BCUT2D eigenvalue weighted by atomic mass is 35.5. The Morgan fingerprint density at radius 2 is 1.73 bits per heavy atom. The lowest BCUT2D eigenvalue weighted by Gasteiger charge is -2.24. The van der Waals surface area contributed by atoms with Gasteiger partial charge in [-0.05, 0) is 30.4 Å². The van der Waals surface area contributed by atoms with E-state index in [4.69, 9.17) is 21.8 Å². The van der Waals surface area contributed by atoms with Crippen molar-refractivity contribution in [3.05, 3.63) is 58.8 Å². The van der Waals surface area contributed by atoms with Gasteiger partial charge in [0.15, 0.2) is 0 Å². The highest BCUT2D eigenvalue weighted by Crippen LogP contribution is 2.35. The quantitative estimate of drug-likeness (QED) is 0.687. The lowest BCUT2D eigenvalue weighted by Crippen LogP contribution is -2.33. The van der Waals surface area contributed by atoms with Gasteiger partial charge in [-0.2, -0.15) is 13.2 Å². The van der Waals surface area contributed by atoms with Gasteiger partial charge in [-0.25, -0.2) is 9.59 Å². The third-order valence-corrected chi connectivity index (χ3v) is 3.96. The maximum atomic E-state index is 12.9. The van der Waals surface area contributed by atoms with Gasteiger partial charge in [0, 0.05) is 5.70 Å².